The van der Waals surface area contributed by atoms with Gasteiger partial charge in [-0.3, -0.25) is 4.98 Å². The molecule has 26 heavy (non-hydrogen) atoms. The largest absolute Gasteiger partial charge is 0.337 e. The third-order valence-corrected chi connectivity index (χ3v) is 3.95. The van der Waals surface area contributed by atoms with Crippen molar-refractivity contribution in [1.29, 1.82) is 0 Å². The summed E-state index contributed by atoms with van der Waals surface area (Å²) in [4.78, 5) is 12.1. The number of pyridine rings is 1. The van der Waals surface area contributed by atoms with Gasteiger partial charge in [0.25, 0.3) is 0 Å². The molecule has 0 bridgehead atoms. The highest BCUT2D eigenvalue weighted by molar-refractivity contribution is 6.01. The molecule has 5 nitrogen and oxygen atoms in total. The molecule has 0 radical (unpaired) electrons. The molecular formula is C21H17N5. The molecule has 1 N–H and O–H groups in total. The number of nitrogens with zero attached hydrogens (tertiary/aromatic N) is 4. The van der Waals surface area contributed by atoms with Crippen LogP contribution in [0.5, 0.6) is 0 Å². The predicted octanol–water partition coefficient (Wildman–Crippen LogP) is 4.02. The lowest BCUT2D eigenvalue weighted by Gasteiger charge is -2.02. The van der Waals surface area contributed by atoms with Gasteiger partial charge in [-0.25, -0.2) is 4.98 Å². The molecule has 2 aromatic heterocycles. The van der Waals surface area contributed by atoms with Gasteiger partial charge in [0, 0.05) is 24.4 Å². The Bertz CT molecular complexity index is 1020. The second kappa shape index (κ2) is 7.53. The standard InChI is InChI=1S/C21H17N5/c1-2-7-16(8-3-1)13-20(26-23-15-17-9-6-12-22-14-17)21-24-18-10-4-5-11-19(18)25-21/h1-12,14-15H,13H2,(H,24,25)/b23-15?,26-20-. The van der Waals surface area contributed by atoms with Crippen molar-refractivity contribution in [2.75, 3.05) is 0 Å². The third-order valence-electron chi connectivity index (χ3n) is 3.95. The molecule has 0 atom stereocenters. The molecule has 0 spiro atoms. The molecule has 0 saturated heterocycles. The quantitative estimate of drug-likeness (QED) is 0.441. The number of fused-ring (bicyclic) bond motifs is 1. The van der Waals surface area contributed by atoms with E-state index in [1.807, 2.05) is 54.6 Å². The first-order valence-corrected chi connectivity index (χ1v) is 8.37. The van der Waals surface area contributed by atoms with Crippen LogP contribution in [0.15, 0.2) is 89.3 Å². The molecule has 2 heterocycles. The maximum Gasteiger partial charge on any atom is 0.155 e. The number of benzene rings is 2. The summed E-state index contributed by atoms with van der Waals surface area (Å²) in [6.07, 6.45) is 5.82. The van der Waals surface area contributed by atoms with E-state index in [0.29, 0.717) is 6.42 Å². The Balaban J connectivity index is 1.68. The summed E-state index contributed by atoms with van der Waals surface area (Å²) in [6, 6.07) is 21.9. The number of para-hydroxylation sites is 2. The average molecular weight is 339 g/mol. The summed E-state index contributed by atoms with van der Waals surface area (Å²) in [5.74, 6) is 0.735. The van der Waals surface area contributed by atoms with Crippen LogP contribution in [0.25, 0.3) is 11.0 Å². The van der Waals surface area contributed by atoms with E-state index in [-0.39, 0.29) is 0 Å². The molecule has 4 aromatic rings. The van der Waals surface area contributed by atoms with Crippen LogP contribution in [0.1, 0.15) is 17.0 Å². The molecule has 0 aliphatic rings. The Labute approximate surface area is 151 Å². The van der Waals surface area contributed by atoms with E-state index in [2.05, 4.69) is 37.3 Å². The van der Waals surface area contributed by atoms with E-state index in [1.54, 1.807) is 18.6 Å². The zero-order chi connectivity index (χ0) is 17.6. The van der Waals surface area contributed by atoms with Gasteiger partial charge in [0.1, 0.15) is 5.71 Å². The van der Waals surface area contributed by atoms with Gasteiger partial charge in [0.15, 0.2) is 5.82 Å². The van der Waals surface area contributed by atoms with Crippen molar-refractivity contribution in [3.05, 3.63) is 96.1 Å². The normalized spacial score (nSPS) is 12.1. The zero-order valence-corrected chi connectivity index (χ0v) is 14.1. The number of nitrogens with one attached hydrogen (secondary N) is 1. The van der Waals surface area contributed by atoms with Crippen LogP contribution in [0.3, 0.4) is 0 Å². The second-order valence-electron chi connectivity index (χ2n) is 5.84. The number of rotatable bonds is 5. The lowest BCUT2D eigenvalue weighted by molar-refractivity contribution is 1.15. The highest BCUT2D eigenvalue weighted by Gasteiger charge is 2.10. The Morgan fingerprint density at radius 3 is 2.62 bits per heavy atom. The Morgan fingerprint density at radius 1 is 0.962 bits per heavy atom. The molecule has 4 rings (SSSR count). The fraction of sp³-hybridized carbons (Fsp3) is 0.0476. The molecule has 0 aliphatic heterocycles. The minimum absolute atomic E-state index is 0.644. The first-order valence-electron chi connectivity index (χ1n) is 8.37. The Hall–Kier alpha value is -3.60. The molecular weight excluding hydrogens is 322 g/mol. The third kappa shape index (κ3) is 3.72. The van der Waals surface area contributed by atoms with Crippen LogP contribution in [0.4, 0.5) is 0 Å². The van der Waals surface area contributed by atoms with E-state index in [1.165, 1.54) is 0 Å². The number of hydrogen-bond donors (Lipinski definition) is 1. The number of aromatic amines is 1. The van der Waals surface area contributed by atoms with Crippen molar-refractivity contribution >= 4 is 23.0 Å². The van der Waals surface area contributed by atoms with Gasteiger partial charge in [-0.15, -0.1) is 0 Å². The topological polar surface area (TPSA) is 66.3 Å². The molecule has 126 valence electrons. The molecule has 0 saturated carbocycles. The van der Waals surface area contributed by atoms with Crippen molar-refractivity contribution in [1.82, 2.24) is 15.0 Å². The van der Waals surface area contributed by atoms with Gasteiger partial charge in [-0.1, -0.05) is 48.5 Å². The minimum atomic E-state index is 0.644. The highest BCUT2D eigenvalue weighted by atomic mass is 15.2. The first kappa shape index (κ1) is 15.9. The molecule has 5 heteroatoms. The summed E-state index contributed by atoms with van der Waals surface area (Å²) in [7, 11) is 0. The van der Waals surface area contributed by atoms with Gasteiger partial charge >= 0.3 is 0 Å². The van der Waals surface area contributed by atoms with Crippen molar-refractivity contribution in [2.24, 2.45) is 10.2 Å². The van der Waals surface area contributed by atoms with Crippen LogP contribution in [-0.4, -0.2) is 26.9 Å². The summed E-state index contributed by atoms with van der Waals surface area (Å²) < 4.78 is 0. The van der Waals surface area contributed by atoms with Crippen molar-refractivity contribution in [2.45, 2.75) is 6.42 Å². The van der Waals surface area contributed by atoms with E-state index in [9.17, 15) is 0 Å². The van der Waals surface area contributed by atoms with Gasteiger partial charge in [0.2, 0.25) is 0 Å². The monoisotopic (exact) mass is 339 g/mol. The summed E-state index contributed by atoms with van der Waals surface area (Å²) in [6.45, 7) is 0. The fourth-order valence-electron chi connectivity index (χ4n) is 2.66. The lowest BCUT2D eigenvalue weighted by Crippen LogP contribution is -2.07. The highest BCUT2D eigenvalue weighted by Crippen LogP contribution is 2.13. The van der Waals surface area contributed by atoms with Gasteiger partial charge in [0.05, 0.1) is 17.2 Å². The van der Waals surface area contributed by atoms with Crippen LogP contribution in [-0.2, 0) is 6.42 Å². The zero-order valence-electron chi connectivity index (χ0n) is 14.1. The van der Waals surface area contributed by atoms with Crippen LogP contribution in [0, 0.1) is 0 Å². The van der Waals surface area contributed by atoms with E-state index in [4.69, 9.17) is 0 Å². The maximum absolute atomic E-state index is 4.66. The van der Waals surface area contributed by atoms with E-state index in [0.717, 1.165) is 33.7 Å². The van der Waals surface area contributed by atoms with Crippen molar-refractivity contribution in [3.8, 4) is 0 Å². The van der Waals surface area contributed by atoms with Crippen LogP contribution in [0.2, 0.25) is 0 Å². The summed E-state index contributed by atoms with van der Waals surface area (Å²) in [5, 5.41) is 8.69. The number of hydrogen-bond acceptors (Lipinski definition) is 4. The number of H-pyrrole nitrogens is 1. The second-order valence-corrected chi connectivity index (χ2v) is 5.84. The lowest BCUT2D eigenvalue weighted by atomic mass is 10.1. The smallest absolute Gasteiger partial charge is 0.155 e. The first-order chi connectivity index (χ1) is 12.9. The van der Waals surface area contributed by atoms with Crippen molar-refractivity contribution < 1.29 is 0 Å². The molecule has 0 aliphatic carbocycles. The molecule has 0 fully saturated rings. The summed E-state index contributed by atoms with van der Waals surface area (Å²) in [5.41, 5.74) is 4.75. The number of imidazole rings is 1. The molecule has 0 unspecified atom stereocenters. The van der Waals surface area contributed by atoms with E-state index >= 15 is 0 Å². The van der Waals surface area contributed by atoms with Crippen molar-refractivity contribution in [3.63, 3.8) is 0 Å². The maximum atomic E-state index is 4.66. The minimum Gasteiger partial charge on any atom is -0.337 e. The van der Waals surface area contributed by atoms with Gasteiger partial charge < -0.3 is 4.98 Å². The summed E-state index contributed by atoms with van der Waals surface area (Å²) >= 11 is 0. The fourth-order valence-corrected chi connectivity index (χ4v) is 2.66. The van der Waals surface area contributed by atoms with Gasteiger partial charge in [-0.05, 0) is 23.8 Å². The van der Waals surface area contributed by atoms with Crippen LogP contribution >= 0.6 is 0 Å². The Kier molecular flexibility index (Phi) is 4.60. The van der Waals surface area contributed by atoms with Gasteiger partial charge in [-0.2, -0.15) is 10.2 Å². The molecule has 2 aromatic carbocycles. The SMILES string of the molecule is C(=N/N=C(/Cc1ccccc1)c1nc2ccccc2[nH]1)c1cccnc1. The molecule has 0 amide bonds. The number of aromatic nitrogens is 3. The average Bonchev–Trinajstić information content (AvgIpc) is 3.13. The van der Waals surface area contributed by atoms with Crippen LogP contribution < -0.4 is 0 Å². The predicted molar refractivity (Wildman–Crippen MR) is 105 cm³/mol. The van der Waals surface area contributed by atoms with E-state index < -0.39 is 0 Å². The Morgan fingerprint density at radius 2 is 1.81 bits per heavy atom.